The van der Waals surface area contributed by atoms with Crippen molar-refractivity contribution in [3.8, 4) is 0 Å². The minimum absolute atomic E-state index is 0.00984. The van der Waals surface area contributed by atoms with Crippen LogP contribution in [0.1, 0.15) is 47.0 Å². The molecule has 1 heterocycles. The van der Waals surface area contributed by atoms with Gasteiger partial charge in [0.2, 0.25) is 0 Å². The van der Waals surface area contributed by atoms with Gasteiger partial charge in [-0.2, -0.15) is 0 Å². The van der Waals surface area contributed by atoms with Crippen LogP contribution < -0.4 is 0 Å². The van der Waals surface area contributed by atoms with Gasteiger partial charge < -0.3 is 14.9 Å². The summed E-state index contributed by atoms with van der Waals surface area (Å²) >= 11 is 0. The van der Waals surface area contributed by atoms with E-state index in [1.54, 1.807) is 11.8 Å². The Kier molecular flexibility index (Phi) is 5.84. The van der Waals surface area contributed by atoms with Crippen molar-refractivity contribution in [2.45, 2.75) is 47.0 Å². The predicted molar refractivity (Wildman–Crippen MR) is 78.6 cm³/mol. The minimum atomic E-state index is -0.853. The van der Waals surface area contributed by atoms with Gasteiger partial charge in [-0.15, -0.1) is 0 Å². The van der Waals surface area contributed by atoms with Crippen LogP contribution in [-0.4, -0.2) is 53.1 Å². The zero-order valence-corrected chi connectivity index (χ0v) is 13.2. The molecule has 1 aliphatic heterocycles. The van der Waals surface area contributed by atoms with Crippen LogP contribution >= 0.6 is 0 Å². The predicted octanol–water partition coefficient (Wildman–Crippen LogP) is 2.66. The zero-order chi connectivity index (χ0) is 15.3. The van der Waals surface area contributed by atoms with E-state index in [4.69, 9.17) is 5.11 Å². The third-order valence-corrected chi connectivity index (χ3v) is 4.78. The normalized spacial score (nSPS) is 18.9. The van der Waals surface area contributed by atoms with Crippen molar-refractivity contribution in [1.82, 2.24) is 9.80 Å². The summed E-state index contributed by atoms with van der Waals surface area (Å²) < 4.78 is 0. The van der Waals surface area contributed by atoms with Crippen LogP contribution in [0.3, 0.4) is 0 Å². The summed E-state index contributed by atoms with van der Waals surface area (Å²) in [4.78, 5) is 27.0. The maximum absolute atomic E-state index is 12.5. The summed E-state index contributed by atoms with van der Waals surface area (Å²) in [6.45, 7) is 10.3. The number of hydrogen-bond acceptors (Lipinski definition) is 2. The molecule has 1 atom stereocenters. The summed E-state index contributed by atoms with van der Waals surface area (Å²) in [7, 11) is 0. The Labute approximate surface area is 121 Å². The van der Waals surface area contributed by atoms with E-state index >= 15 is 0 Å². The lowest BCUT2D eigenvalue weighted by molar-refractivity contribution is -0.141. The molecule has 0 radical (unpaired) electrons. The molecular formula is C15H28N2O3. The fourth-order valence-electron chi connectivity index (χ4n) is 2.88. The lowest BCUT2D eigenvalue weighted by Gasteiger charge is -2.30. The third-order valence-electron chi connectivity index (χ3n) is 4.78. The molecule has 0 spiro atoms. The highest BCUT2D eigenvalue weighted by molar-refractivity contribution is 5.76. The van der Waals surface area contributed by atoms with Crippen molar-refractivity contribution in [3.05, 3.63) is 0 Å². The first-order valence-corrected chi connectivity index (χ1v) is 7.65. The Morgan fingerprint density at radius 2 is 1.90 bits per heavy atom. The molecule has 0 saturated carbocycles. The van der Waals surface area contributed by atoms with E-state index in [2.05, 4.69) is 13.8 Å². The number of carboxylic acid groups (broad SMARTS) is 1. The Morgan fingerprint density at radius 1 is 1.30 bits per heavy atom. The molecule has 5 nitrogen and oxygen atoms in total. The molecule has 1 fully saturated rings. The van der Waals surface area contributed by atoms with E-state index in [0.717, 1.165) is 32.4 Å². The van der Waals surface area contributed by atoms with Gasteiger partial charge in [-0.3, -0.25) is 4.79 Å². The molecule has 1 saturated heterocycles. The van der Waals surface area contributed by atoms with Crippen LogP contribution in [0.2, 0.25) is 0 Å². The van der Waals surface area contributed by atoms with Crippen molar-refractivity contribution in [2.75, 3.05) is 26.2 Å². The molecule has 1 unspecified atom stereocenters. The fraction of sp³-hybridized carbons (Fsp3) is 0.867. The lowest BCUT2D eigenvalue weighted by atomic mass is 9.82. The largest absolute Gasteiger partial charge is 0.481 e. The molecule has 0 aromatic carbocycles. The maximum atomic E-state index is 12.5. The number of nitrogens with zero attached hydrogens (tertiary/aromatic N) is 2. The lowest BCUT2D eigenvalue weighted by Crippen LogP contribution is -2.45. The SMILES string of the molecule is CCN(CC(C)C(=O)O)C(=O)N1CCC(CC)(CC)C1. The molecule has 20 heavy (non-hydrogen) atoms. The number of carbonyl (C=O) groups excluding carboxylic acids is 1. The topological polar surface area (TPSA) is 60.9 Å². The highest BCUT2D eigenvalue weighted by Crippen LogP contribution is 2.37. The Hall–Kier alpha value is -1.26. The van der Waals surface area contributed by atoms with Crippen molar-refractivity contribution in [2.24, 2.45) is 11.3 Å². The van der Waals surface area contributed by atoms with E-state index in [0.29, 0.717) is 6.54 Å². The first kappa shape index (κ1) is 16.8. The number of amides is 2. The quantitative estimate of drug-likeness (QED) is 0.815. The Bertz CT molecular complexity index is 353. The monoisotopic (exact) mass is 284 g/mol. The standard InChI is InChI=1S/C15H28N2O3/c1-5-15(6-2)8-9-17(11-15)14(20)16(7-3)10-12(4)13(18)19/h12H,5-11H2,1-4H3,(H,18,19). The minimum Gasteiger partial charge on any atom is -0.481 e. The molecule has 0 aliphatic carbocycles. The molecular weight excluding hydrogens is 256 g/mol. The number of aliphatic carboxylic acids is 1. The summed E-state index contributed by atoms with van der Waals surface area (Å²) in [6, 6.07) is -0.00984. The van der Waals surface area contributed by atoms with Crippen LogP contribution in [0.4, 0.5) is 4.79 Å². The van der Waals surface area contributed by atoms with Gasteiger partial charge in [0.05, 0.1) is 5.92 Å². The summed E-state index contributed by atoms with van der Waals surface area (Å²) in [6.07, 6.45) is 3.23. The smallest absolute Gasteiger partial charge is 0.320 e. The van der Waals surface area contributed by atoms with E-state index in [9.17, 15) is 9.59 Å². The number of carboxylic acids is 1. The van der Waals surface area contributed by atoms with Gasteiger partial charge in [0.25, 0.3) is 0 Å². The Balaban J connectivity index is 2.66. The van der Waals surface area contributed by atoms with Gasteiger partial charge in [0, 0.05) is 26.2 Å². The number of likely N-dealkylation sites (tertiary alicyclic amines) is 1. The first-order chi connectivity index (χ1) is 9.39. The second-order valence-corrected chi connectivity index (χ2v) is 5.94. The second kappa shape index (κ2) is 6.95. The van der Waals surface area contributed by atoms with Crippen LogP contribution in [0.5, 0.6) is 0 Å². The van der Waals surface area contributed by atoms with Gasteiger partial charge in [0.1, 0.15) is 0 Å². The maximum Gasteiger partial charge on any atom is 0.320 e. The van der Waals surface area contributed by atoms with Crippen molar-refractivity contribution in [3.63, 3.8) is 0 Å². The van der Waals surface area contributed by atoms with Gasteiger partial charge in [0.15, 0.2) is 0 Å². The van der Waals surface area contributed by atoms with E-state index in [1.165, 1.54) is 0 Å². The summed E-state index contributed by atoms with van der Waals surface area (Å²) in [5, 5.41) is 8.98. The van der Waals surface area contributed by atoms with Gasteiger partial charge >= 0.3 is 12.0 Å². The van der Waals surface area contributed by atoms with Crippen LogP contribution in [0.15, 0.2) is 0 Å². The van der Waals surface area contributed by atoms with Crippen molar-refractivity contribution >= 4 is 12.0 Å². The van der Waals surface area contributed by atoms with Crippen molar-refractivity contribution < 1.29 is 14.7 Å². The fourth-order valence-corrected chi connectivity index (χ4v) is 2.88. The highest BCUT2D eigenvalue weighted by atomic mass is 16.4. The average molecular weight is 284 g/mol. The summed E-state index contributed by atoms with van der Waals surface area (Å²) in [5.41, 5.74) is 0.257. The molecule has 0 aromatic heterocycles. The molecule has 1 aliphatic rings. The number of carbonyl (C=O) groups is 2. The van der Waals surface area contributed by atoms with Gasteiger partial charge in [-0.05, 0) is 31.6 Å². The van der Waals surface area contributed by atoms with Crippen LogP contribution in [0.25, 0.3) is 0 Å². The second-order valence-electron chi connectivity index (χ2n) is 5.94. The number of rotatable bonds is 6. The van der Waals surface area contributed by atoms with Crippen LogP contribution in [0, 0.1) is 11.3 Å². The molecule has 5 heteroatoms. The average Bonchev–Trinajstić information content (AvgIpc) is 2.88. The van der Waals surface area contributed by atoms with Gasteiger partial charge in [-0.1, -0.05) is 20.8 Å². The van der Waals surface area contributed by atoms with Gasteiger partial charge in [-0.25, -0.2) is 4.79 Å². The van der Waals surface area contributed by atoms with E-state index in [-0.39, 0.29) is 18.0 Å². The number of urea groups is 1. The van der Waals surface area contributed by atoms with Crippen molar-refractivity contribution in [1.29, 1.82) is 0 Å². The molecule has 2 amide bonds. The van der Waals surface area contributed by atoms with Crippen LogP contribution in [-0.2, 0) is 4.79 Å². The third kappa shape index (κ3) is 3.64. The highest BCUT2D eigenvalue weighted by Gasteiger charge is 2.38. The number of hydrogen-bond donors (Lipinski definition) is 1. The molecule has 1 rings (SSSR count). The first-order valence-electron chi connectivity index (χ1n) is 7.65. The molecule has 1 N–H and O–H groups in total. The molecule has 0 bridgehead atoms. The molecule has 0 aromatic rings. The van der Waals surface area contributed by atoms with E-state index in [1.807, 2.05) is 11.8 Å². The molecule has 116 valence electrons. The van der Waals surface area contributed by atoms with E-state index < -0.39 is 11.9 Å². The Morgan fingerprint density at radius 3 is 2.30 bits per heavy atom. The summed E-state index contributed by atoms with van der Waals surface area (Å²) in [5.74, 6) is -1.38. The zero-order valence-electron chi connectivity index (χ0n) is 13.2.